The maximum atomic E-state index is 13.2. The van der Waals surface area contributed by atoms with Crippen LogP contribution < -0.4 is 5.73 Å². The van der Waals surface area contributed by atoms with Crippen LogP contribution in [0, 0.1) is 12.7 Å². The number of rotatable bonds is 3. The molecule has 2 aromatic carbocycles. The van der Waals surface area contributed by atoms with Crippen LogP contribution in [0.15, 0.2) is 45.3 Å². The van der Waals surface area contributed by atoms with Crippen molar-refractivity contribution >= 4 is 31.9 Å². The number of aryl methyl sites for hydroxylation is 1. The van der Waals surface area contributed by atoms with E-state index in [-0.39, 0.29) is 11.9 Å². The van der Waals surface area contributed by atoms with Crippen LogP contribution in [0.3, 0.4) is 0 Å². The van der Waals surface area contributed by atoms with Crippen molar-refractivity contribution in [2.75, 3.05) is 0 Å². The van der Waals surface area contributed by atoms with Gasteiger partial charge in [0.1, 0.15) is 5.82 Å². The fourth-order valence-electron chi connectivity index (χ4n) is 2.04. The molecule has 1 nitrogen and oxygen atoms in total. The van der Waals surface area contributed by atoms with Gasteiger partial charge in [-0.3, -0.25) is 0 Å². The highest BCUT2D eigenvalue weighted by Crippen LogP contribution is 2.25. The van der Waals surface area contributed by atoms with Crippen LogP contribution in [-0.4, -0.2) is 0 Å². The molecule has 0 radical (unpaired) electrons. The van der Waals surface area contributed by atoms with Gasteiger partial charge in [0.15, 0.2) is 0 Å². The van der Waals surface area contributed by atoms with Gasteiger partial charge >= 0.3 is 0 Å². The molecule has 0 heterocycles. The monoisotopic (exact) mass is 385 g/mol. The van der Waals surface area contributed by atoms with Crippen molar-refractivity contribution in [2.45, 2.75) is 19.4 Å². The van der Waals surface area contributed by atoms with Crippen molar-refractivity contribution in [2.24, 2.45) is 5.73 Å². The Kier molecular flexibility index (Phi) is 4.76. The Labute approximate surface area is 129 Å². The van der Waals surface area contributed by atoms with Crippen molar-refractivity contribution in [3.63, 3.8) is 0 Å². The fourth-order valence-corrected chi connectivity index (χ4v) is 2.85. The molecule has 0 spiro atoms. The van der Waals surface area contributed by atoms with E-state index in [1.165, 1.54) is 6.07 Å². The second-order valence-electron chi connectivity index (χ2n) is 4.56. The van der Waals surface area contributed by atoms with Gasteiger partial charge in [-0.05, 0) is 70.2 Å². The lowest BCUT2D eigenvalue weighted by atomic mass is 9.96. The summed E-state index contributed by atoms with van der Waals surface area (Å²) in [7, 11) is 0. The second-order valence-corrected chi connectivity index (χ2v) is 6.33. The third-order valence-corrected chi connectivity index (χ3v) is 4.18. The van der Waals surface area contributed by atoms with E-state index in [1.54, 1.807) is 12.1 Å². The van der Waals surface area contributed by atoms with Crippen LogP contribution in [0.1, 0.15) is 22.7 Å². The van der Waals surface area contributed by atoms with Crippen LogP contribution in [-0.2, 0) is 6.42 Å². The molecule has 0 aliphatic heterocycles. The Morgan fingerprint density at radius 2 is 1.89 bits per heavy atom. The Balaban J connectivity index is 2.22. The maximum Gasteiger partial charge on any atom is 0.137 e. The molecular formula is C15H14Br2FN. The highest BCUT2D eigenvalue weighted by atomic mass is 79.9. The summed E-state index contributed by atoms with van der Waals surface area (Å²) in [6, 6.07) is 11.0. The van der Waals surface area contributed by atoms with Gasteiger partial charge in [0.2, 0.25) is 0 Å². The zero-order valence-corrected chi connectivity index (χ0v) is 13.6. The predicted octanol–water partition coefficient (Wildman–Crippen LogP) is 4.90. The van der Waals surface area contributed by atoms with Gasteiger partial charge in [-0.15, -0.1) is 0 Å². The number of halogens is 3. The van der Waals surface area contributed by atoms with Gasteiger partial charge in [0.05, 0.1) is 4.47 Å². The first-order valence-corrected chi connectivity index (χ1v) is 7.51. The van der Waals surface area contributed by atoms with Crippen molar-refractivity contribution < 1.29 is 4.39 Å². The molecule has 2 rings (SSSR count). The van der Waals surface area contributed by atoms with Crippen LogP contribution in [0.25, 0.3) is 0 Å². The number of benzene rings is 2. The van der Waals surface area contributed by atoms with Crippen molar-refractivity contribution in [1.29, 1.82) is 0 Å². The average Bonchev–Trinajstić information content (AvgIpc) is 2.36. The van der Waals surface area contributed by atoms with E-state index in [2.05, 4.69) is 31.9 Å². The van der Waals surface area contributed by atoms with Crippen LogP contribution in [0.4, 0.5) is 4.39 Å². The highest BCUT2D eigenvalue weighted by molar-refractivity contribution is 9.10. The Morgan fingerprint density at radius 1 is 1.16 bits per heavy atom. The van der Waals surface area contributed by atoms with E-state index < -0.39 is 0 Å². The summed E-state index contributed by atoms with van der Waals surface area (Å²) in [4.78, 5) is 0. The lowest BCUT2D eigenvalue weighted by molar-refractivity contribution is 0.618. The normalized spacial score (nSPS) is 12.5. The molecule has 19 heavy (non-hydrogen) atoms. The minimum absolute atomic E-state index is 0.102. The molecule has 2 aromatic rings. The number of nitrogens with two attached hydrogens (primary N) is 1. The van der Waals surface area contributed by atoms with Crippen LogP contribution in [0.2, 0.25) is 0 Å². The molecule has 0 bridgehead atoms. The van der Waals surface area contributed by atoms with E-state index >= 15 is 0 Å². The Bertz CT molecular complexity index is 599. The smallest absolute Gasteiger partial charge is 0.137 e. The summed E-state index contributed by atoms with van der Waals surface area (Å²) in [6.45, 7) is 2.04. The third-order valence-electron chi connectivity index (χ3n) is 3.08. The quantitative estimate of drug-likeness (QED) is 0.797. The van der Waals surface area contributed by atoms with E-state index in [4.69, 9.17) is 5.73 Å². The van der Waals surface area contributed by atoms with Gasteiger partial charge in [0.25, 0.3) is 0 Å². The second kappa shape index (κ2) is 6.16. The summed E-state index contributed by atoms with van der Waals surface area (Å²) < 4.78 is 14.7. The van der Waals surface area contributed by atoms with Gasteiger partial charge in [-0.25, -0.2) is 4.39 Å². The van der Waals surface area contributed by atoms with Gasteiger partial charge in [-0.1, -0.05) is 28.1 Å². The minimum Gasteiger partial charge on any atom is -0.324 e. The fraction of sp³-hybridized carbons (Fsp3) is 0.200. The first-order chi connectivity index (χ1) is 8.97. The first-order valence-electron chi connectivity index (χ1n) is 5.93. The summed E-state index contributed by atoms with van der Waals surface area (Å²) in [6.07, 6.45) is 0.677. The molecule has 4 heteroatoms. The van der Waals surface area contributed by atoms with E-state index in [9.17, 15) is 4.39 Å². The van der Waals surface area contributed by atoms with E-state index in [0.717, 1.165) is 21.2 Å². The SMILES string of the molecule is Cc1ccc(Br)cc1C(N)Cc1ccc(F)c(Br)c1. The molecule has 0 saturated carbocycles. The van der Waals surface area contributed by atoms with Crippen molar-refractivity contribution in [1.82, 2.24) is 0 Å². The molecule has 1 atom stereocenters. The highest BCUT2D eigenvalue weighted by Gasteiger charge is 2.11. The summed E-state index contributed by atoms with van der Waals surface area (Å²) in [5.74, 6) is -0.254. The molecule has 2 N–H and O–H groups in total. The summed E-state index contributed by atoms with van der Waals surface area (Å²) >= 11 is 6.65. The molecule has 0 saturated heterocycles. The van der Waals surface area contributed by atoms with Gasteiger partial charge in [0, 0.05) is 10.5 Å². The number of hydrogen-bond donors (Lipinski definition) is 1. The molecule has 0 aromatic heterocycles. The summed E-state index contributed by atoms with van der Waals surface area (Å²) in [5, 5.41) is 0. The maximum absolute atomic E-state index is 13.2. The zero-order valence-electron chi connectivity index (χ0n) is 10.5. The van der Waals surface area contributed by atoms with Crippen LogP contribution >= 0.6 is 31.9 Å². The predicted molar refractivity (Wildman–Crippen MR) is 83.6 cm³/mol. The average molecular weight is 387 g/mol. The van der Waals surface area contributed by atoms with Crippen LogP contribution in [0.5, 0.6) is 0 Å². The number of hydrogen-bond acceptors (Lipinski definition) is 1. The molecule has 0 aliphatic carbocycles. The summed E-state index contributed by atoms with van der Waals surface area (Å²) in [5.41, 5.74) is 9.54. The molecule has 1 unspecified atom stereocenters. The van der Waals surface area contributed by atoms with E-state index in [1.807, 2.05) is 25.1 Å². The van der Waals surface area contributed by atoms with E-state index in [0.29, 0.717) is 10.9 Å². The Hall–Kier alpha value is -0.710. The molecular weight excluding hydrogens is 373 g/mol. The molecule has 0 fully saturated rings. The lowest BCUT2D eigenvalue weighted by Gasteiger charge is -2.15. The topological polar surface area (TPSA) is 26.0 Å². The van der Waals surface area contributed by atoms with Gasteiger partial charge < -0.3 is 5.73 Å². The largest absolute Gasteiger partial charge is 0.324 e. The van der Waals surface area contributed by atoms with Crippen molar-refractivity contribution in [3.05, 3.63) is 67.9 Å². The molecule has 0 aliphatic rings. The standard InChI is InChI=1S/C15H14Br2FN/c1-9-2-4-11(16)8-12(9)15(19)7-10-3-5-14(18)13(17)6-10/h2-6,8,15H,7,19H2,1H3. The van der Waals surface area contributed by atoms with Gasteiger partial charge in [-0.2, -0.15) is 0 Å². The third kappa shape index (κ3) is 3.65. The molecule has 0 amide bonds. The molecule has 100 valence electrons. The van der Waals surface area contributed by atoms with Crippen molar-refractivity contribution in [3.8, 4) is 0 Å². The lowest BCUT2D eigenvalue weighted by Crippen LogP contribution is -2.14. The minimum atomic E-state index is -0.254. The Morgan fingerprint density at radius 3 is 2.58 bits per heavy atom. The first kappa shape index (κ1) is 14.7. The zero-order chi connectivity index (χ0) is 14.0.